The molecule has 1 atom stereocenters. The maximum Gasteiger partial charge on any atom is 0.147 e. The van der Waals surface area contributed by atoms with Gasteiger partial charge in [0.15, 0.2) is 0 Å². The fraction of sp³-hybridized carbons (Fsp3) is 0.250. The minimum absolute atomic E-state index is 0.254. The van der Waals surface area contributed by atoms with Crippen molar-refractivity contribution in [1.82, 2.24) is 4.98 Å². The van der Waals surface area contributed by atoms with Crippen LogP contribution in [0.5, 0.6) is 5.75 Å². The minimum atomic E-state index is -0.546. The molecule has 20 heavy (non-hydrogen) atoms. The second-order valence-electron chi connectivity index (χ2n) is 4.37. The third-order valence-electron chi connectivity index (χ3n) is 3.05. The summed E-state index contributed by atoms with van der Waals surface area (Å²) in [6.07, 6.45) is 1.66. The average molecular weight is 268 g/mol. The number of benzene rings is 1. The van der Waals surface area contributed by atoms with Gasteiger partial charge < -0.3 is 9.84 Å². The smallest absolute Gasteiger partial charge is 0.147 e. The van der Waals surface area contributed by atoms with Crippen LogP contribution >= 0.6 is 0 Å². The standard InChI is InChI=1S/C16H16N2O2/c1-2-15(19)13-7-3-4-8-16(13)20-11-12-6-5-9-18-14(12)10-17/h3-9,15,19H,2,11H2,1H3. The molecule has 0 amide bonds. The van der Waals surface area contributed by atoms with Crippen LogP contribution in [0.3, 0.4) is 0 Å². The van der Waals surface area contributed by atoms with Crippen LogP contribution in [0.15, 0.2) is 42.6 Å². The van der Waals surface area contributed by atoms with Crippen LogP contribution in [0.1, 0.15) is 36.3 Å². The second-order valence-corrected chi connectivity index (χ2v) is 4.37. The lowest BCUT2D eigenvalue weighted by Crippen LogP contribution is -2.04. The first-order chi connectivity index (χ1) is 9.76. The van der Waals surface area contributed by atoms with E-state index in [0.29, 0.717) is 17.9 Å². The van der Waals surface area contributed by atoms with Gasteiger partial charge in [-0.05, 0) is 18.6 Å². The lowest BCUT2D eigenvalue weighted by atomic mass is 10.1. The Balaban J connectivity index is 2.17. The van der Waals surface area contributed by atoms with E-state index in [1.807, 2.05) is 43.3 Å². The molecule has 0 aliphatic rings. The number of hydrogen-bond acceptors (Lipinski definition) is 4. The quantitative estimate of drug-likeness (QED) is 0.905. The molecule has 0 saturated carbocycles. The van der Waals surface area contributed by atoms with Gasteiger partial charge in [0.2, 0.25) is 0 Å². The Labute approximate surface area is 118 Å². The number of aromatic nitrogens is 1. The number of aliphatic hydroxyl groups excluding tert-OH is 1. The number of pyridine rings is 1. The maximum atomic E-state index is 9.96. The molecule has 2 aromatic rings. The molecule has 1 heterocycles. The van der Waals surface area contributed by atoms with Gasteiger partial charge in [0.25, 0.3) is 0 Å². The van der Waals surface area contributed by atoms with Gasteiger partial charge >= 0.3 is 0 Å². The number of hydrogen-bond donors (Lipinski definition) is 1. The number of nitrogens with zero attached hydrogens (tertiary/aromatic N) is 2. The van der Waals surface area contributed by atoms with Gasteiger partial charge in [-0.3, -0.25) is 0 Å². The zero-order valence-electron chi connectivity index (χ0n) is 11.3. The van der Waals surface area contributed by atoms with Crippen molar-refractivity contribution in [2.75, 3.05) is 0 Å². The van der Waals surface area contributed by atoms with Gasteiger partial charge in [0, 0.05) is 17.3 Å². The van der Waals surface area contributed by atoms with E-state index in [0.717, 1.165) is 11.1 Å². The molecule has 1 N–H and O–H groups in total. The van der Waals surface area contributed by atoms with Gasteiger partial charge in [-0.15, -0.1) is 0 Å². The highest BCUT2D eigenvalue weighted by Gasteiger charge is 2.12. The largest absolute Gasteiger partial charge is 0.488 e. The summed E-state index contributed by atoms with van der Waals surface area (Å²) in [4.78, 5) is 3.99. The van der Waals surface area contributed by atoms with Gasteiger partial charge in [0.1, 0.15) is 24.1 Å². The average Bonchev–Trinajstić information content (AvgIpc) is 2.52. The Kier molecular flexibility index (Phi) is 4.70. The van der Waals surface area contributed by atoms with E-state index in [-0.39, 0.29) is 6.61 Å². The Morgan fingerprint density at radius 3 is 2.85 bits per heavy atom. The van der Waals surface area contributed by atoms with E-state index < -0.39 is 6.10 Å². The van der Waals surface area contributed by atoms with Crippen LogP contribution < -0.4 is 4.74 Å². The molecule has 4 heteroatoms. The third kappa shape index (κ3) is 3.14. The monoisotopic (exact) mass is 268 g/mol. The van der Waals surface area contributed by atoms with Crippen molar-refractivity contribution in [2.45, 2.75) is 26.1 Å². The topological polar surface area (TPSA) is 66.1 Å². The summed E-state index contributed by atoms with van der Waals surface area (Å²) < 4.78 is 5.74. The molecule has 0 aliphatic carbocycles. The SMILES string of the molecule is CCC(O)c1ccccc1OCc1cccnc1C#N. The van der Waals surface area contributed by atoms with Crippen molar-refractivity contribution in [2.24, 2.45) is 0 Å². The molecule has 0 bridgehead atoms. The summed E-state index contributed by atoms with van der Waals surface area (Å²) in [5.41, 5.74) is 1.86. The van der Waals surface area contributed by atoms with Crippen molar-refractivity contribution in [3.05, 3.63) is 59.4 Å². The molecule has 0 spiro atoms. The number of ether oxygens (including phenoxy) is 1. The number of rotatable bonds is 5. The molecule has 102 valence electrons. The number of nitriles is 1. The molecule has 2 rings (SSSR count). The molecule has 0 fully saturated rings. The number of aliphatic hydroxyl groups is 1. The predicted octanol–water partition coefficient (Wildman–Crippen LogP) is 2.98. The molecule has 1 aromatic carbocycles. The first-order valence-electron chi connectivity index (χ1n) is 6.50. The predicted molar refractivity (Wildman–Crippen MR) is 75.0 cm³/mol. The Morgan fingerprint density at radius 1 is 1.30 bits per heavy atom. The van der Waals surface area contributed by atoms with Crippen molar-refractivity contribution < 1.29 is 9.84 Å². The van der Waals surface area contributed by atoms with Crippen molar-refractivity contribution in [3.8, 4) is 11.8 Å². The highest BCUT2D eigenvalue weighted by molar-refractivity contribution is 5.36. The Morgan fingerprint density at radius 2 is 2.10 bits per heavy atom. The van der Waals surface area contributed by atoms with Gasteiger partial charge in [-0.2, -0.15) is 5.26 Å². The summed E-state index contributed by atoms with van der Waals surface area (Å²) >= 11 is 0. The summed E-state index contributed by atoms with van der Waals surface area (Å²) in [5, 5.41) is 19.0. The minimum Gasteiger partial charge on any atom is -0.488 e. The van der Waals surface area contributed by atoms with E-state index in [1.54, 1.807) is 12.3 Å². The van der Waals surface area contributed by atoms with Crippen LogP contribution in [0, 0.1) is 11.3 Å². The van der Waals surface area contributed by atoms with Crippen molar-refractivity contribution >= 4 is 0 Å². The summed E-state index contributed by atoms with van der Waals surface area (Å²) in [7, 11) is 0. The first kappa shape index (κ1) is 14.0. The normalized spacial score (nSPS) is 11.7. The molecular formula is C16H16N2O2. The zero-order chi connectivity index (χ0) is 14.4. The molecule has 0 aliphatic heterocycles. The molecule has 4 nitrogen and oxygen atoms in total. The van der Waals surface area contributed by atoms with Crippen molar-refractivity contribution in [1.29, 1.82) is 5.26 Å². The fourth-order valence-corrected chi connectivity index (χ4v) is 1.92. The summed E-state index contributed by atoms with van der Waals surface area (Å²) in [6.45, 7) is 2.17. The van der Waals surface area contributed by atoms with E-state index in [1.165, 1.54) is 0 Å². The highest BCUT2D eigenvalue weighted by Crippen LogP contribution is 2.27. The maximum absolute atomic E-state index is 9.96. The Bertz CT molecular complexity index is 620. The van der Waals surface area contributed by atoms with Crippen LogP contribution in [0.2, 0.25) is 0 Å². The molecule has 1 unspecified atom stereocenters. The van der Waals surface area contributed by atoms with E-state index in [9.17, 15) is 5.11 Å². The Hall–Kier alpha value is -2.38. The van der Waals surface area contributed by atoms with E-state index in [2.05, 4.69) is 4.98 Å². The molecule has 0 radical (unpaired) electrons. The summed E-state index contributed by atoms with van der Waals surface area (Å²) in [6, 6.07) is 13.0. The van der Waals surface area contributed by atoms with E-state index >= 15 is 0 Å². The zero-order valence-corrected chi connectivity index (χ0v) is 11.3. The van der Waals surface area contributed by atoms with Crippen LogP contribution in [0.25, 0.3) is 0 Å². The van der Waals surface area contributed by atoms with Crippen LogP contribution in [-0.4, -0.2) is 10.1 Å². The highest BCUT2D eigenvalue weighted by atomic mass is 16.5. The van der Waals surface area contributed by atoms with Crippen LogP contribution in [-0.2, 0) is 6.61 Å². The van der Waals surface area contributed by atoms with Crippen LogP contribution in [0.4, 0.5) is 0 Å². The summed E-state index contributed by atoms with van der Waals surface area (Å²) in [5.74, 6) is 0.634. The van der Waals surface area contributed by atoms with Crippen molar-refractivity contribution in [3.63, 3.8) is 0 Å². The molecule has 0 saturated heterocycles. The van der Waals surface area contributed by atoms with E-state index in [4.69, 9.17) is 10.00 Å². The molecular weight excluding hydrogens is 252 g/mol. The lowest BCUT2D eigenvalue weighted by molar-refractivity contribution is 0.166. The second kappa shape index (κ2) is 6.69. The van der Waals surface area contributed by atoms with Gasteiger partial charge in [-0.1, -0.05) is 31.2 Å². The number of para-hydroxylation sites is 1. The molecule has 1 aromatic heterocycles. The first-order valence-corrected chi connectivity index (χ1v) is 6.50. The fourth-order valence-electron chi connectivity index (χ4n) is 1.92. The van der Waals surface area contributed by atoms with Gasteiger partial charge in [-0.25, -0.2) is 4.98 Å². The third-order valence-corrected chi connectivity index (χ3v) is 3.05. The van der Waals surface area contributed by atoms with Gasteiger partial charge in [0.05, 0.1) is 6.10 Å². The lowest BCUT2D eigenvalue weighted by Gasteiger charge is -2.15.